The van der Waals surface area contributed by atoms with Gasteiger partial charge in [0.15, 0.2) is 11.5 Å². The van der Waals surface area contributed by atoms with E-state index in [0.717, 1.165) is 43.1 Å². The summed E-state index contributed by atoms with van der Waals surface area (Å²) in [7, 11) is 4.92. The zero-order valence-corrected chi connectivity index (χ0v) is 13.8. The molecule has 0 saturated carbocycles. The Morgan fingerprint density at radius 2 is 1.52 bits per heavy atom. The average Bonchev–Trinajstić information content (AvgIpc) is 2.49. The van der Waals surface area contributed by atoms with Crippen molar-refractivity contribution in [2.75, 3.05) is 34.4 Å². The summed E-state index contributed by atoms with van der Waals surface area (Å²) in [5.41, 5.74) is 1.06. The second-order valence-corrected chi connectivity index (χ2v) is 5.16. The Balaban J connectivity index is 2.53. The van der Waals surface area contributed by atoms with Crippen LogP contribution < -0.4 is 24.8 Å². The molecule has 0 radical (unpaired) electrons. The third-order valence-electron chi connectivity index (χ3n) is 3.18. The lowest BCUT2D eigenvalue weighted by Gasteiger charge is -2.14. The zero-order valence-electron chi connectivity index (χ0n) is 13.8. The topological polar surface area (TPSA) is 51.8 Å². The molecule has 0 heterocycles. The normalized spacial score (nSPS) is 10.8. The molecule has 0 atom stereocenters. The number of benzene rings is 1. The second kappa shape index (κ2) is 9.47. The van der Waals surface area contributed by atoms with Crippen molar-refractivity contribution in [3.63, 3.8) is 0 Å². The molecule has 2 N–H and O–H groups in total. The third-order valence-corrected chi connectivity index (χ3v) is 3.18. The number of nitrogens with one attached hydrogen (secondary N) is 2. The fraction of sp³-hybridized carbons (Fsp3) is 0.625. The van der Waals surface area contributed by atoms with Gasteiger partial charge in [-0.25, -0.2) is 0 Å². The van der Waals surface area contributed by atoms with E-state index >= 15 is 0 Å². The Hall–Kier alpha value is -1.46. The van der Waals surface area contributed by atoms with Crippen LogP contribution in [0.4, 0.5) is 0 Å². The van der Waals surface area contributed by atoms with Crippen LogP contribution in [-0.4, -0.2) is 40.5 Å². The van der Waals surface area contributed by atoms with Crippen LogP contribution in [0.5, 0.6) is 17.2 Å². The lowest BCUT2D eigenvalue weighted by Crippen LogP contribution is -2.26. The van der Waals surface area contributed by atoms with E-state index in [4.69, 9.17) is 14.2 Å². The van der Waals surface area contributed by atoms with Gasteiger partial charge in [0.2, 0.25) is 0 Å². The van der Waals surface area contributed by atoms with E-state index in [1.54, 1.807) is 21.3 Å². The maximum absolute atomic E-state index is 5.41. The van der Waals surface area contributed by atoms with E-state index in [1.165, 1.54) is 0 Å². The van der Waals surface area contributed by atoms with Crippen molar-refractivity contribution in [2.45, 2.75) is 32.9 Å². The van der Waals surface area contributed by atoms with E-state index in [0.29, 0.717) is 11.8 Å². The predicted molar refractivity (Wildman–Crippen MR) is 85.6 cm³/mol. The summed E-state index contributed by atoms with van der Waals surface area (Å²) in [6, 6.07) is 4.35. The summed E-state index contributed by atoms with van der Waals surface area (Å²) in [5.74, 6) is 2.20. The maximum Gasteiger partial charge on any atom is 0.164 e. The van der Waals surface area contributed by atoms with Crippen molar-refractivity contribution in [1.29, 1.82) is 0 Å². The predicted octanol–water partition coefficient (Wildman–Crippen LogP) is 2.19. The number of rotatable bonds is 10. The van der Waals surface area contributed by atoms with Gasteiger partial charge < -0.3 is 24.8 Å². The molecular formula is C16H28N2O3. The van der Waals surface area contributed by atoms with Crippen LogP contribution >= 0.6 is 0 Å². The molecule has 5 heteroatoms. The molecule has 120 valence electrons. The minimum absolute atomic E-state index is 0.538. The van der Waals surface area contributed by atoms with Gasteiger partial charge in [-0.1, -0.05) is 13.8 Å². The summed E-state index contributed by atoms with van der Waals surface area (Å²) < 4.78 is 16.0. The van der Waals surface area contributed by atoms with E-state index in [1.807, 2.05) is 12.1 Å². The fourth-order valence-electron chi connectivity index (χ4n) is 2.06. The Morgan fingerprint density at radius 3 is 2.10 bits per heavy atom. The van der Waals surface area contributed by atoms with Gasteiger partial charge in [-0.05, 0) is 25.6 Å². The lowest BCUT2D eigenvalue weighted by molar-refractivity contribution is 0.347. The smallest absolute Gasteiger partial charge is 0.164 e. The summed E-state index contributed by atoms with van der Waals surface area (Å²) in [5, 5.41) is 6.82. The molecule has 21 heavy (non-hydrogen) atoms. The number of methoxy groups -OCH3 is 3. The first kappa shape index (κ1) is 17.6. The lowest BCUT2D eigenvalue weighted by atomic mass is 10.1. The van der Waals surface area contributed by atoms with Crippen molar-refractivity contribution >= 4 is 0 Å². The average molecular weight is 296 g/mol. The van der Waals surface area contributed by atoms with Gasteiger partial charge in [0.25, 0.3) is 0 Å². The van der Waals surface area contributed by atoms with Crippen molar-refractivity contribution in [2.24, 2.45) is 0 Å². The van der Waals surface area contributed by atoms with E-state index < -0.39 is 0 Å². The van der Waals surface area contributed by atoms with E-state index in [-0.39, 0.29) is 0 Å². The highest BCUT2D eigenvalue weighted by Gasteiger charge is 2.11. The summed E-state index contributed by atoms with van der Waals surface area (Å²) in [6.45, 7) is 7.03. The SMILES string of the molecule is COc1cc(OC)c(OC)cc1CNCCCNC(C)C. The van der Waals surface area contributed by atoms with Gasteiger partial charge in [0, 0.05) is 24.2 Å². The molecule has 0 unspecified atom stereocenters. The van der Waals surface area contributed by atoms with Crippen LogP contribution in [0.2, 0.25) is 0 Å². The molecule has 1 rings (SSSR count). The number of hydrogen-bond acceptors (Lipinski definition) is 5. The molecule has 0 aliphatic carbocycles. The molecule has 0 aromatic heterocycles. The van der Waals surface area contributed by atoms with Crippen molar-refractivity contribution < 1.29 is 14.2 Å². The van der Waals surface area contributed by atoms with E-state index in [9.17, 15) is 0 Å². The number of ether oxygens (including phenoxy) is 3. The standard InChI is InChI=1S/C16H28N2O3/c1-12(2)18-8-6-7-17-11-13-9-15(20-4)16(21-5)10-14(13)19-3/h9-10,12,17-18H,6-8,11H2,1-5H3. The molecule has 0 fully saturated rings. The quantitative estimate of drug-likeness (QED) is 0.648. The van der Waals surface area contributed by atoms with Crippen LogP contribution in [0.25, 0.3) is 0 Å². The van der Waals surface area contributed by atoms with Gasteiger partial charge in [-0.3, -0.25) is 0 Å². The summed E-state index contributed by atoms with van der Waals surface area (Å²) >= 11 is 0. The van der Waals surface area contributed by atoms with Gasteiger partial charge >= 0.3 is 0 Å². The largest absolute Gasteiger partial charge is 0.496 e. The van der Waals surface area contributed by atoms with Gasteiger partial charge in [-0.2, -0.15) is 0 Å². The minimum atomic E-state index is 0.538. The van der Waals surface area contributed by atoms with Crippen LogP contribution in [0.15, 0.2) is 12.1 Å². The first-order valence-corrected chi connectivity index (χ1v) is 7.35. The minimum Gasteiger partial charge on any atom is -0.496 e. The highest BCUT2D eigenvalue weighted by Crippen LogP contribution is 2.34. The first-order valence-electron chi connectivity index (χ1n) is 7.35. The van der Waals surface area contributed by atoms with Crippen LogP contribution in [0.3, 0.4) is 0 Å². The third kappa shape index (κ3) is 5.81. The van der Waals surface area contributed by atoms with Gasteiger partial charge in [0.1, 0.15) is 5.75 Å². The Morgan fingerprint density at radius 1 is 0.905 bits per heavy atom. The van der Waals surface area contributed by atoms with Crippen molar-refractivity contribution in [1.82, 2.24) is 10.6 Å². The highest BCUT2D eigenvalue weighted by molar-refractivity contribution is 5.50. The molecule has 0 aliphatic rings. The maximum atomic E-state index is 5.41. The fourth-order valence-corrected chi connectivity index (χ4v) is 2.06. The monoisotopic (exact) mass is 296 g/mol. The molecular weight excluding hydrogens is 268 g/mol. The summed E-state index contributed by atoms with van der Waals surface area (Å²) in [6.07, 6.45) is 1.09. The second-order valence-electron chi connectivity index (χ2n) is 5.16. The Labute approximate surface area is 128 Å². The summed E-state index contributed by atoms with van der Waals surface area (Å²) in [4.78, 5) is 0. The van der Waals surface area contributed by atoms with Crippen molar-refractivity contribution in [3.8, 4) is 17.2 Å². The molecule has 1 aromatic carbocycles. The number of hydrogen-bond donors (Lipinski definition) is 2. The van der Waals surface area contributed by atoms with Crippen LogP contribution in [-0.2, 0) is 6.54 Å². The zero-order chi connectivity index (χ0) is 15.7. The molecule has 0 aliphatic heterocycles. The molecule has 0 bridgehead atoms. The Kier molecular flexibility index (Phi) is 7.93. The van der Waals surface area contributed by atoms with Crippen LogP contribution in [0.1, 0.15) is 25.8 Å². The molecule has 0 spiro atoms. The molecule has 1 aromatic rings. The molecule has 0 saturated heterocycles. The molecule has 0 amide bonds. The highest BCUT2D eigenvalue weighted by atomic mass is 16.5. The van der Waals surface area contributed by atoms with E-state index in [2.05, 4.69) is 24.5 Å². The molecule has 5 nitrogen and oxygen atoms in total. The first-order chi connectivity index (χ1) is 10.1. The van der Waals surface area contributed by atoms with Gasteiger partial charge in [-0.15, -0.1) is 0 Å². The van der Waals surface area contributed by atoms with Crippen LogP contribution in [0, 0.1) is 0 Å². The Bertz CT molecular complexity index is 422. The van der Waals surface area contributed by atoms with Crippen molar-refractivity contribution in [3.05, 3.63) is 17.7 Å². The van der Waals surface area contributed by atoms with Gasteiger partial charge in [0.05, 0.1) is 21.3 Å².